The van der Waals surface area contributed by atoms with E-state index in [0.717, 1.165) is 6.42 Å². The topological polar surface area (TPSA) is 101 Å². The fourth-order valence-electron chi connectivity index (χ4n) is 1.26. The second-order valence-corrected chi connectivity index (χ2v) is 4.57. The smallest absolute Gasteiger partial charge is 0.242 e. The molecule has 0 aromatic heterocycles. The lowest BCUT2D eigenvalue weighted by Gasteiger charge is -2.22. The molecular weight excluding hydrogens is 234 g/mol. The molecule has 0 aromatic rings. The minimum atomic E-state index is -0.713. The summed E-state index contributed by atoms with van der Waals surface area (Å²) in [6.07, 6.45) is 1.50. The van der Waals surface area contributed by atoms with Crippen molar-refractivity contribution in [1.29, 1.82) is 0 Å². The molecule has 0 rings (SSSR count). The molecule has 0 saturated heterocycles. The van der Waals surface area contributed by atoms with Crippen molar-refractivity contribution in [2.45, 2.75) is 52.2 Å². The van der Waals surface area contributed by atoms with Gasteiger partial charge in [-0.1, -0.05) is 20.3 Å². The quantitative estimate of drug-likeness (QED) is 0.538. The van der Waals surface area contributed by atoms with Gasteiger partial charge >= 0.3 is 0 Å². The zero-order chi connectivity index (χ0) is 14.3. The molecule has 4 atom stereocenters. The van der Waals surface area contributed by atoms with Gasteiger partial charge in [-0.05, 0) is 19.8 Å². The van der Waals surface area contributed by atoms with Crippen molar-refractivity contribution in [3.63, 3.8) is 0 Å². The van der Waals surface area contributed by atoms with E-state index in [4.69, 9.17) is 5.73 Å². The Morgan fingerprint density at radius 1 is 1.17 bits per heavy atom. The molecule has 6 nitrogen and oxygen atoms in total. The number of aldehydes is 1. The molecular formula is C12H23N3O3. The molecule has 4 N–H and O–H groups in total. The summed E-state index contributed by atoms with van der Waals surface area (Å²) in [5.74, 6) is -0.729. The molecule has 0 aliphatic heterocycles. The van der Waals surface area contributed by atoms with Crippen LogP contribution in [0.3, 0.4) is 0 Å². The number of carbonyl (C=O) groups is 3. The van der Waals surface area contributed by atoms with Crippen LogP contribution >= 0.6 is 0 Å². The van der Waals surface area contributed by atoms with Crippen molar-refractivity contribution in [2.75, 3.05) is 0 Å². The molecule has 104 valence electrons. The molecule has 2 amide bonds. The molecule has 0 radical (unpaired) electrons. The lowest BCUT2D eigenvalue weighted by molar-refractivity contribution is -0.130. The number of amides is 2. The number of hydrogen-bond acceptors (Lipinski definition) is 4. The van der Waals surface area contributed by atoms with Gasteiger partial charge in [0, 0.05) is 0 Å². The highest BCUT2D eigenvalue weighted by atomic mass is 16.2. The molecule has 0 spiro atoms. The van der Waals surface area contributed by atoms with E-state index in [1.165, 1.54) is 6.92 Å². The largest absolute Gasteiger partial charge is 0.345 e. The molecule has 0 saturated carbocycles. The minimum Gasteiger partial charge on any atom is -0.345 e. The van der Waals surface area contributed by atoms with Crippen molar-refractivity contribution in [3.05, 3.63) is 0 Å². The first-order chi connectivity index (χ1) is 8.33. The van der Waals surface area contributed by atoms with Gasteiger partial charge in [-0.3, -0.25) is 9.59 Å². The number of hydrogen-bond donors (Lipinski definition) is 3. The predicted octanol–water partition coefficient (Wildman–Crippen LogP) is -0.432. The molecule has 0 aliphatic carbocycles. The summed E-state index contributed by atoms with van der Waals surface area (Å²) in [5.41, 5.74) is 5.38. The number of carbonyl (C=O) groups excluding carboxylic acids is 3. The first kappa shape index (κ1) is 16.6. The minimum absolute atomic E-state index is 0.0581. The van der Waals surface area contributed by atoms with Crippen LogP contribution < -0.4 is 16.4 Å². The van der Waals surface area contributed by atoms with E-state index in [1.54, 1.807) is 6.92 Å². The maximum atomic E-state index is 11.8. The van der Waals surface area contributed by atoms with Gasteiger partial charge in [0.05, 0.1) is 12.1 Å². The van der Waals surface area contributed by atoms with E-state index in [9.17, 15) is 14.4 Å². The third-order valence-corrected chi connectivity index (χ3v) is 2.88. The predicted molar refractivity (Wildman–Crippen MR) is 68.7 cm³/mol. The number of rotatable bonds is 7. The van der Waals surface area contributed by atoms with E-state index in [1.807, 2.05) is 13.8 Å². The average Bonchev–Trinajstić information content (AvgIpc) is 2.34. The van der Waals surface area contributed by atoms with Crippen molar-refractivity contribution in [2.24, 2.45) is 11.7 Å². The van der Waals surface area contributed by atoms with Gasteiger partial charge in [-0.25, -0.2) is 0 Å². The second-order valence-electron chi connectivity index (χ2n) is 4.57. The summed E-state index contributed by atoms with van der Waals surface area (Å²) in [5, 5.41) is 5.07. The van der Waals surface area contributed by atoms with Crippen LogP contribution in [-0.2, 0) is 14.4 Å². The fourth-order valence-corrected chi connectivity index (χ4v) is 1.26. The van der Waals surface area contributed by atoms with Crippen LogP contribution in [0.25, 0.3) is 0 Å². The highest BCUT2D eigenvalue weighted by Crippen LogP contribution is 2.05. The van der Waals surface area contributed by atoms with Crippen LogP contribution in [0.5, 0.6) is 0 Å². The van der Waals surface area contributed by atoms with Crippen LogP contribution in [0.2, 0.25) is 0 Å². The van der Waals surface area contributed by atoms with Gasteiger partial charge < -0.3 is 21.2 Å². The lowest BCUT2D eigenvalue weighted by Crippen LogP contribution is -2.52. The van der Waals surface area contributed by atoms with E-state index >= 15 is 0 Å². The van der Waals surface area contributed by atoms with Crippen LogP contribution in [0.1, 0.15) is 34.1 Å². The summed E-state index contributed by atoms with van der Waals surface area (Å²) >= 11 is 0. The normalized spacial score (nSPS) is 17.2. The van der Waals surface area contributed by atoms with E-state index < -0.39 is 24.0 Å². The van der Waals surface area contributed by atoms with E-state index in [2.05, 4.69) is 10.6 Å². The van der Waals surface area contributed by atoms with E-state index in [0.29, 0.717) is 6.29 Å². The Balaban J connectivity index is 4.38. The Morgan fingerprint density at radius 2 is 1.72 bits per heavy atom. The summed E-state index contributed by atoms with van der Waals surface area (Å²) in [7, 11) is 0. The van der Waals surface area contributed by atoms with Crippen molar-refractivity contribution in [1.82, 2.24) is 10.6 Å². The van der Waals surface area contributed by atoms with Gasteiger partial charge in [0.15, 0.2) is 0 Å². The third kappa shape index (κ3) is 5.27. The van der Waals surface area contributed by atoms with Crippen LogP contribution in [-0.4, -0.2) is 36.2 Å². The molecule has 0 heterocycles. The van der Waals surface area contributed by atoms with E-state index in [-0.39, 0.29) is 11.8 Å². The van der Waals surface area contributed by atoms with Crippen molar-refractivity contribution < 1.29 is 14.4 Å². The maximum Gasteiger partial charge on any atom is 0.242 e. The number of nitrogens with two attached hydrogens (primary N) is 1. The van der Waals surface area contributed by atoms with Crippen LogP contribution in [0, 0.1) is 5.92 Å². The van der Waals surface area contributed by atoms with Gasteiger partial charge in [-0.15, -0.1) is 0 Å². The standard InChI is InChI=1S/C12H23N3O3/c1-5-7(2)10(6-16)15-12(18)9(4)14-11(17)8(3)13/h6-10H,5,13H2,1-4H3,(H,14,17)(H,15,18)/t7-,8-,9-,10+/m0/s1. The Labute approximate surface area is 108 Å². The van der Waals surface area contributed by atoms with Crippen molar-refractivity contribution in [3.8, 4) is 0 Å². The first-order valence-corrected chi connectivity index (χ1v) is 6.15. The summed E-state index contributed by atoms with van der Waals surface area (Å²) in [6.45, 7) is 6.90. The SMILES string of the molecule is CC[C@H](C)[C@@H](C=O)NC(=O)[C@H](C)NC(=O)[C@H](C)N. The molecule has 0 aromatic carbocycles. The zero-order valence-corrected chi connectivity index (χ0v) is 11.4. The monoisotopic (exact) mass is 257 g/mol. The Morgan fingerprint density at radius 3 is 2.11 bits per heavy atom. The van der Waals surface area contributed by atoms with Gasteiger partial charge in [0.1, 0.15) is 12.3 Å². The lowest BCUT2D eigenvalue weighted by atomic mass is 10.0. The highest BCUT2D eigenvalue weighted by molar-refractivity contribution is 5.90. The highest BCUT2D eigenvalue weighted by Gasteiger charge is 2.22. The molecule has 0 aliphatic rings. The second kappa shape index (κ2) is 7.81. The summed E-state index contributed by atoms with van der Waals surface area (Å²) < 4.78 is 0. The number of nitrogens with one attached hydrogen (secondary N) is 2. The summed E-state index contributed by atoms with van der Waals surface area (Å²) in [6, 6.07) is -1.91. The molecule has 18 heavy (non-hydrogen) atoms. The van der Waals surface area contributed by atoms with Crippen LogP contribution in [0.15, 0.2) is 0 Å². The van der Waals surface area contributed by atoms with Gasteiger partial charge in [0.25, 0.3) is 0 Å². The zero-order valence-electron chi connectivity index (χ0n) is 11.4. The molecule has 0 bridgehead atoms. The molecule has 0 unspecified atom stereocenters. The fraction of sp³-hybridized carbons (Fsp3) is 0.750. The Kier molecular flexibility index (Phi) is 7.19. The average molecular weight is 257 g/mol. The third-order valence-electron chi connectivity index (χ3n) is 2.88. The van der Waals surface area contributed by atoms with Gasteiger partial charge in [0.2, 0.25) is 11.8 Å². The van der Waals surface area contributed by atoms with Crippen molar-refractivity contribution >= 4 is 18.1 Å². The van der Waals surface area contributed by atoms with Crippen LogP contribution in [0.4, 0.5) is 0 Å². The Hall–Kier alpha value is -1.43. The molecule has 0 fully saturated rings. The Bertz CT molecular complexity index is 305. The van der Waals surface area contributed by atoms with Gasteiger partial charge in [-0.2, -0.15) is 0 Å². The summed E-state index contributed by atoms with van der Waals surface area (Å²) in [4.78, 5) is 34.0. The molecule has 6 heteroatoms. The first-order valence-electron chi connectivity index (χ1n) is 6.15. The maximum absolute atomic E-state index is 11.8.